The number of aryl methyl sites for hydroxylation is 1. The summed E-state index contributed by atoms with van der Waals surface area (Å²) < 4.78 is 2.80. The lowest BCUT2D eigenvalue weighted by atomic mass is 9.80. The Kier molecular flexibility index (Phi) is 5.23. The standard InChI is InChI=1S/C24H22BrClN4O2S/c1-12-15-4-5-30(23(15)28-11-27-12)18-8-24(21(32)20(18)31)9-19(33-10-24)14-3-2-13-6-16(25)22(26)29-17(13)7-14/h2-7,11,18-21,31-32H,8-10H2,1H3/t18-,19-,20+,21+,24-/m1/s1. The van der Waals surface area contributed by atoms with Gasteiger partial charge in [-0.3, -0.25) is 0 Å². The molecule has 33 heavy (non-hydrogen) atoms. The van der Waals surface area contributed by atoms with Gasteiger partial charge in [0, 0.05) is 33.4 Å². The summed E-state index contributed by atoms with van der Waals surface area (Å²) in [6.07, 6.45) is 3.39. The van der Waals surface area contributed by atoms with Gasteiger partial charge in [0.25, 0.3) is 0 Å². The van der Waals surface area contributed by atoms with Gasteiger partial charge in [-0.2, -0.15) is 11.8 Å². The lowest BCUT2D eigenvalue weighted by Crippen LogP contribution is -2.36. The average Bonchev–Trinajstić information content (AvgIpc) is 3.48. The van der Waals surface area contributed by atoms with Crippen LogP contribution < -0.4 is 0 Å². The van der Waals surface area contributed by atoms with Crippen molar-refractivity contribution in [1.29, 1.82) is 0 Å². The molecular weight excluding hydrogens is 524 g/mol. The van der Waals surface area contributed by atoms with Gasteiger partial charge in [-0.05, 0) is 59.5 Å². The Morgan fingerprint density at radius 1 is 1.18 bits per heavy atom. The van der Waals surface area contributed by atoms with Crippen molar-refractivity contribution in [3.63, 3.8) is 0 Å². The number of halogens is 2. The molecular formula is C24H22BrClN4O2S. The van der Waals surface area contributed by atoms with E-state index in [1.54, 1.807) is 6.33 Å². The first-order valence-electron chi connectivity index (χ1n) is 10.9. The highest BCUT2D eigenvalue weighted by molar-refractivity contribution is 9.10. The van der Waals surface area contributed by atoms with Crippen molar-refractivity contribution in [3.05, 3.63) is 63.7 Å². The van der Waals surface area contributed by atoms with Crippen LogP contribution in [-0.2, 0) is 0 Å². The Hall–Kier alpha value is -1.71. The molecule has 1 aromatic carbocycles. The Morgan fingerprint density at radius 2 is 2.03 bits per heavy atom. The molecule has 1 aliphatic heterocycles. The zero-order valence-corrected chi connectivity index (χ0v) is 21.0. The fourth-order valence-electron chi connectivity index (χ4n) is 5.51. The van der Waals surface area contributed by atoms with Crippen molar-refractivity contribution in [3.8, 4) is 0 Å². The molecule has 2 fully saturated rings. The van der Waals surface area contributed by atoms with Gasteiger partial charge in [0.15, 0.2) is 0 Å². The second-order valence-electron chi connectivity index (χ2n) is 9.21. The second-order valence-corrected chi connectivity index (χ2v) is 11.6. The van der Waals surface area contributed by atoms with E-state index in [2.05, 4.69) is 49.1 Å². The summed E-state index contributed by atoms with van der Waals surface area (Å²) in [6.45, 7) is 1.96. The number of benzene rings is 1. The summed E-state index contributed by atoms with van der Waals surface area (Å²) in [7, 11) is 0. The normalized spacial score (nSPS) is 29.6. The summed E-state index contributed by atoms with van der Waals surface area (Å²) in [5, 5.41) is 25.0. The van der Waals surface area contributed by atoms with Crippen LogP contribution in [0.4, 0.5) is 0 Å². The van der Waals surface area contributed by atoms with E-state index in [-0.39, 0.29) is 16.7 Å². The fraction of sp³-hybridized carbons (Fsp3) is 0.375. The number of pyridine rings is 1. The minimum atomic E-state index is -0.843. The third-order valence-corrected chi connectivity index (χ3v) is 10.0. The zero-order valence-electron chi connectivity index (χ0n) is 17.8. The Labute approximate surface area is 208 Å². The Morgan fingerprint density at radius 3 is 2.88 bits per heavy atom. The van der Waals surface area contributed by atoms with Crippen molar-refractivity contribution >= 4 is 61.2 Å². The number of aliphatic hydroxyl groups excluding tert-OH is 2. The predicted molar refractivity (Wildman–Crippen MR) is 135 cm³/mol. The quantitative estimate of drug-likeness (QED) is 0.335. The topological polar surface area (TPSA) is 84.1 Å². The van der Waals surface area contributed by atoms with Crippen LogP contribution in [0.15, 0.2) is 47.3 Å². The van der Waals surface area contributed by atoms with Gasteiger partial charge < -0.3 is 14.8 Å². The molecule has 0 unspecified atom stereocenters. The summed E-state index contributed by atoms with van der Waals surface area (Å²) in [5.74, 6) is 0.798. The van der Waals surface area contributed by atoms with Crippen molar-refractivity contribution in [2.75, 3.05) is 5.75 Å². The van der Waals surface area contributed by atoms with E-state index in [1.165, 1.54) is 5.56 Å². The average molecular weight is 546 g/mol. The number of fused-ring (bicyclic) bond motifs is 2. The molecule has 0 radical (unpaired) electrons. The van der Waals surface area contributed by atoms with Gasteiger partial charge >= 0.3 is 0 Å². The minimum absolute atomic E-state index is 0.222. The first-order valence-corrected chi connectivity index (χ1v) is 13.1. The van der Waals surface area contributed by atoms with Crippen LogP contribution in [0.25, 0.3) is 21.9 Å². The number of hydrogen-bond donors (Lipinski definition) is 2. The van der Waals surface area contributed by atoms with E-state index in [0.717, 1.165) is 44.3 Å². The van der Waals surface area contributed by atoms with Crippen LogP contribution in [0.1, 0.15) is 35.4 Å². The van der Waals surface area contributed by atoms with Crippen LogP contribution in [0.5, 0.6) is 0 Å². The number of aromatic nitrogens is 4. The Bertz CT molecular complexity index is 1400. The molecule has 2 N–H and O–H groups in total. The summed E-state index contributed by atoms with van der Waals surface area (Å²) in [5.41, 5.74) is 3.41. The summed E-state index contributed by atoms with van der Waals surface area (Å²) >= 11 is 11.5. The van der Waals surface area contributed by atoms with E-state index in [1.807, 2.05) is 41.6 Å². The molecule has 6 nitrogen and oxygen atoms in total. The molecule has 0 amide bonds. The van der Waals surface area contributed by atoms with Crippen LogP contribution in [0.2, 0.25) is 5.15 Å². The first-order chi connectivity index (χ1) is 15.9. The van der Waals surface area contributed by atoms with Gasteiger partial charge in [-0.25, -0.2) is 15.0 Å². The molecule has 4 heterocycles. The van der Waals surface area contributed by atoms with Gasteiger partial charge in [-0.15, -0.1) is 0 Å². The molecule has 4 aromatic rings. The molecule has 0 bridgehead atoms. The van der Waals surface area contributed by atoms with Gasteiger partial charge in [0.05, 0.1) is 27.8 Å². The van der Waals surface area contributed by atoms with E-state index < -0.39 is 12.2 Å². The molecule has 1 saturated heterocycles. The number of hydrogen-bond acceptors (Lipinski definition) is 6. The Balaban J connectivity index is 1.30. The molecule has 5 atom stereocenters. The number of aliphatic hydroxyl groups is 2. The van der Waals surface area contributed by atoms with Crippen molar-refractivity contribution < 1.29 is 10.2 Å². The lowest BCUT2D eigenvalue weighted by Gasteiger charge is -2.27. The maximum atomic E-state index is 11.2. The monoisotopic (exact) mass is 544 g/mol. The summed E-state index contributed by atoms with van der Waals surface area (Å²) in [4.78, 5) is 13.2. The first kappa shape index (κ1) is 21.8. The van der Waals surface area contributed by atoms with E-state index in [4.69, 9.17) is 11.6 Å². The third-order valence-electron chi connectivity index (χ3n) is 7.31. The van der Waals surface area contributed by atoms with Crippen molar-refractivity contribution in [2.45, 2.75) is 43.3 Å². The molecule has 1 saturated carbocycles. The molecule has 1 spiro atoms. The number of rotatable bonds is 2. The molecule has 6 rings (SSSR count). The zero-order chi connectivity index (χ0) is 22.9. The predicted octanol–water partition coefficient (Wildman–Crippen LogP) is 5.24. The summed E-state index contributed by atoms with van der Waals surface area (Å²) in [6, 6.07) is 10.0. The van der Waals surface area contributed by atoms with Crippen molar-refractivity contribution in [2.24, 2.45) is 5.41 Å². The molecule has 170 valence electrons. The highest BCUT2D eigenvalue weighted by Crippen LogP contribution is 2.59. The van der Waals surface area contributed by atoms with E-state index in [0.29, 0.717) is 11.6 Å². The smallest absolute Gasteiger partial charge is 0.143 e. The van der Waals surface area contributed by atoms with Gasteiger partial charge in [0.1, 0.15) is 23.2 Å². The molecule has 1 aliphatic carbocycles. The SMILES string of the molecule is Cc1ncnc2c1ccn2[C@@H]1C[C@@]2(CS[C@@H](c3ccc4cc(Br)c(Cl)nc4c3)C2)[C@@H](O)[C@H]1O. The highest BCUT2D eigenvalue weighted by Gasteiger charge is 2.56. The fourth-order valence-corrected chi connectivity index (χ4v) is 7.72. The molecule has 9 heteroatoms. The maximum absolute atomic E-state index is 11.2. The van der Waals surface area contributed by atoms with E-state index >= 15 is 0 Å². The largest absolute Gasteiger partial charge is 0.390 e. The molecule has 3 aromatic heterocycles. The lowest BCUT2D eigenvalue weighted by molar-refractivity contribution is -0.0204. The van der Waals surface area contributed by atoms with Crippen LogP contribution in [-0.4, -0.2) is 47.7 Å². The van der Waals surface area contributed by atoms with Gasteiger partial charge in [0.2, 0.25) is 0 Å². The van der Waals surface area contributed by atoms with E-state index in [9.17, 15) is 10.2 Å². The van der Waals surface area contributed by atoms with Crippen LogP contribution in [0.3, 0.4) is 0 Å². The van der Waals surface area contributed by atoms with Gasteiger partial charge in [-0.1, -0.05) is 23.7 Å². The molecule has 2 aliphatic rings. The second kappa shape index (κ2) is 7.92. The number of nitrogens with zero attached hydrogens (tertiary/aromatic N) is 4. The third kappa shape index (κ3) is 3.41. The van der Waals surface area contributed by atoms with Crippen LogP contribution in [0, 0.1) is 12.3 Å². The number of thioether (sulfide) groups is 1. The maximum Gasteiger partial charge on any atom is 0.143 e. The van der Waals surface area contributed by atoms with Crippen molar-refractivity contribution in [1.82, 2.24) is 19.5 Å². The minimum Gasteiger partial charge on any atom is -0.390 e. The van der Waals surface area contributed by atoms with Crippen LogP contribution >= 0.6 is 39.3 Å². The highest BCUT2D eigenvalue weighted by atomic mass is 79.9.